The molecule has 3 nitrogen and oxygen atoms in total. The number of amides is 1. The van der Waals surface area contributed by atoms with E-state index in [1.165, 1.54) is 16.7 Å². The second-order valence-corrected chi connectivity index (χ2v) is 7.80. The maximum atomic E-state index is 13.0. The van der Waals surface area contributed by atoms with E-state index >= 15 is 0 Å². The maximum absolute atomic E-state index is 13.0. The molecule has 27 heavy (non-hydrogen) atoms. The molecular weight excluding hydrogens is 356 g/mol. The van der Waals surface area contributed by atoms with Gasteiger partial charge in [-0.15, -0.1) is 0 Å². The molecule has 0 spiro atoms. The smallest absolute Gasteiger partial charge is 0.258 e. The first kappa shape index (κ1) is 18.0. The summed E-state index contributed by atoms with van der Waals surface area (Å²) in [5.41, 5.74) is 6.98. The van der Waals surface area contributed by atoms with Crippen molar-refractivity contribution in [1.29, 1.82) is 0 Å². The Balaban J connectivity index is 1.72. The van der Waals surface area contributed by atoms with E-state index in [1.54, 1.807) is 4.90 Å². The van der Waals surface area contributed by atoms with E-state index in [0.717, 1.165) is 53.0 Å². The zero-order chi connectivity index (χ0) is 19.1. The van der Waals surface area contributed by atoms with Crippen molar-refractivity contribution >= 4 is 34.1 Å². The summed E-state index contributed by atoms with van der Waals surface area (Å²) >= 11 is 6.65. The lowest BCUT2D eigenvalue weighted by molar-refractivity contribution is 0.0993. The van der Waals surface area contributed by atoms with E-state index in [9.17, 15) is 4.79 Å². The molecule has 1 aliphatic carbocycles. The summed E-state index contributed by atoms with van der Waals surface area (Å²) in [7, 11) is 1.81. The van der Waals surface area contributed by atoms with Crippen molar-refractivity contribution in [1.82, 2.24) is 4.98 Å². The monoisotopic (exact) mass is 378 g/mol. The van der Waals surface area contributed by atoms with Crippen molar-refractivity contribution in [3.63, 3.8) is 0 Å². The number of benzene rings is 2. The van der Waals surface area contributed by atoms with E-state index in [1.807, 2.05) is 43.4 Å². The third-order valence-electron chi connectivity index (χ3n) is 5.62. The molecule has 0 radical (unpaired) electrons. The van der Waals surface area contributed by atoms with Crippen LogP contribution in [0.25, 0.3) is 10.9 Å². The number of rotatable bonds is 2. The summed E-state index contributed by atoms with van der Waals surface area (Å²) < 4.78 is 0. The number of hydrogen-bond acceptors (Lipinski definition) is 2. The van der Waals surface area contributed by atoms with Crippen molar-refractivity contribution in [2.45, 2.75) is 39.5 Å². The Bertz CT molecular complexity index is 1060. The van der Waals surface area contributed by atoms with Crippen LogP contribution in [0.15, 0.2) is 36.4 Å². The highest BCUT2D eigenvalue weighted by atomic mass is 35.5. The van der Waals surface area contributed by atoms with Crippen LogP contribution in [0.4, 0.5) is 5.69 Å². The third-order valence-corrected chi connectivity index (χ3v) is 6.05. The number of aromatic nitrogens is 1. The van der Waals surface area contributed by atoms with Gasteiger partial charge in [-0.2, -0.15) is 0 Å². The lowest BCUT2D eigenvalue weighted by atomic mass is 9.94. The van der Waals surface area contributed by atoms with Crippen LogP contribution in [0.3, 0.4) is 0 Å². The highest BCUT2D eigenvalue weighted by molar-refractivity contribution is 6.36. The molecule has 1 aromatic heterocycles. The molecule has 0 saturated heterocycles. The molecule has 0 aliphatic heterocycles. The summed E-state index contributed by atoms with van der Waals surface area (Å²) in [6.45, 7) is 4.13. The number of aryl methyl sites for hydroxylation is 3. The first-order valence-electron chi connectivity index (χ1n) is 9.42. The number of nitrogens with zero attached hydrogens (tertiary/aromatic N) is 2. The van der Waals surface area contributed by atoms with E-state index in [0.29, 0.717) is 5.56 Å². The fourth-order valence-electron chi connectivity index (χ4n) is 3.75. The van der Waals surface area contributed by atoms with Gasteiger partial charge in [0.1, 0.15) is 0 Å². The largest absolute Gasteiger partial charge is 0.311 e. The molecule has 1 heterocycles. The minimum absolute atomic E-state index is 0.0456. The Morgan fingerprint density at radius 3 is 2.59 bits per heavy atom. The van der Waals surface area contributed by atoms with E-state index in [-0.39, 0.29) is 5.91 Å². The molecule has 0 saturated carbocycles. The molecule has 3 aromatic rings. The zero-order valence-electron chi connectivity index (χ0n) is 16.0. The van der Waals surface area contributed by atoms with Gasteiger partial charge in [0.2, 0.25) is 0 Å². The Morgan fingerprint density at radius 1 is 1.04 bits per heavy atom. The number of fused-ring (bicyclic) bond motifs is 2. The minimum atomic E-state index is -0.0456. The molecule has 0 atom stereocenters. The van der Waals surface area contributed by atoms with Crippen LogP contribution in [-0.2, 0) is 12.8 Å². The maximum Gasteiger partial charge on any atom is 0.258 e. The third kappa shape index (κ3) is 3.21. The fourth-order valence-corrected chi connectivity index (χ4v) is 4.11. The van der Waals surface area contributed by atoms with Crippen LogP contribution in [0.1, 0.15) is 45.6 Å². The van der Waals surface area contributed by atoms with Gasteiger partial charge in [0.15, 0.2) is 0 Å². The molecule has 0 N–H and O–H groups in total. The normalized spacial score (nSPS) is 13.5. The summed E-state index contributed by atoms with van der Waals surface area (Å²) in [5.74, 6) is -0.0456. The molecule has 0 bridgehead atoms. The van der Waals surface area contributed by atoms with Crippen LogP contribution < -0.4 is 4.90 Å². The Labute approximate surface area is 165 Å². The van der Waals surface area contributed by atoms with Crippen molar-refractivity contribution in [2.24, 2.45) is 0 Å². The van der Waals surface area contributed by atoms with Crippen molar-refractivity contribution in [3.05, 3.63) is 69.4 Å². The molecule has 4 heteroatoms. The quantitative estimate of drug-likeness (QED) is 0.576. The number of carbonyl (C=O) groups excluding carboxylic acids is 1. The van der Waals surface area contributed by atoms with Crippen LogP contribution in [0, 0.1) is 13.8 Å². The van der Waals surface area contributed by atoms with Gasteiger partial charge in [0.25, 0.3) is 5.91 Å². The van der Waals surface area contributed by atoms with Crippen LogP contribution in [-0.4, -0.2) is 17.9 Å². The molecule has 4 rings (SSSR count). The van der Waals surface area contributed by atoms with Gasteiger partial charge in [0.05, 0.1) is 10.5 Å². The number of hydrogen-bond donors (Lipinski definition) is 0. The van der Waals surface area contributed by atoms with Gasteiger partial charge >= 0.3 is 0 Å². The average molecular weight is 379 g/mol. The summed E-state index contributed by atoms with van der Waals surface area (Å²) in [6, 6.07) is 11.7. The summed E-state index contributed by atoms with van der Waals surface area (Å²) in [5, 5.41) is 1.74. The SMILES string of the molecule is Cc1ccc(N(C)C(=O)c2ccc3c(Cl)c4c(nc3c2)CCCC4)cc1C. The molecule has 1 aliphatic rings. The van der Waals surface area contributed by atoms with Crippen molar-refractivity contribution in [2.75, 3.05) is 11.9 Å². The molecule has 138 valence electrons. The molecule has 0 unspecified atom stereocenters. The van der Waals surface area contributed by atoms with Crippen LogP contribution in [0.5, 0.6) is 0 Å². The standard InChI is InChI=1S/C23H23ClN2O/c1-14-8-10-17(12-15(14)2)26(3)23(27)16-9-11-19-21(13-16)25-20-7-5-4-6-18(20)22(19)24/h8-13H,4-7H2,1-3H3. The molecule has 1 amide bonds. The first-order chi connectivity index (χ1) is 13.0. The summed E-state index contributed by atoms with van der Waals surface area (Å²) in [6.07, 6.45) is 4.27. The Morgan fingerprint density at radius 2 is 1.81 bits per heavy atom. The predicted molar refractivity (Wildman–Crippen MR) is 112 cm³/mol. The molecule has 2 aromatic carbocycles. The minimum Gasteiger partial charge on any atom is -0.311 e. The van der Waals surface area contributed by atoms with Gasteiger partial charge in [-0.3, -0.25) is 9.78 Å². The number of halogens is 1. The van der Waals surface area contributed by atoms with Gasteiger partial charge in [-0.1, -0.05) is 23.7 Å². The van der Waals surface area contributed by atoms with E-state index in [4.69, 9.17) is 16.6 Å². The van der Waals surface area contributed by atoms with E-state index < -0.39 is 0 Å². The summed E-state index contributed by atoms with van der Waals surface area (Å²) in [4.78, 5) is 19.5. The Hall–Kier alpha value is -2.39. The average Bonchev–Trinajstić information content (AvgIpc) is 2.69. The molecular formula is C23H23ClN2O. The van der Waals surface area contributed by atoms with Crippen LogP contribution in [0.2, 0.25) is 5.02 Å². The molecule has 0 fully saturated rings. The second kappa shape index (κ2) is 6.97. The van der Waals surface area contributed by atoms with Gasteiger partial charge in [-0.05, 0) is 80.5 Å². The van der Waals surface area contributed by atoms with Crippen molar-refractivity contribution < 1.29 is 4.79 Å². The zero-order valence-corrected chi connectivity index (χ0v) is 16.7. The van der Waals surface area contributed by atoms with Crippen LogP contribution >= 0.6 is 11.6 Å². The highest BCUT2D eigenvalue weighted by Crippen LogP contribution is 2.33. The van der Waals surface area contributed by atoms with Gasteiger partial charge in [-0.25, -0.2) is 0 Å². The lowest BCUT2D eigenvalue weighted by Crippen LogP contribution is -2.26. The first-order valence-corrected chi connectivity index (χ1v) is 9.80. The van der Waals surface area contributed by atoms with Crippen molar-refractivity contribution in [3.8, 4) is 0 Å². The second-order valence-electron chi connectivity index (χ2n) is 7.42. The van der Waals surface area contributed by atoms with Gasteiger partial charge in [0, 0.05) is 29.4 Å². The number of carbonyl (C=O) groups is 1. The topological polar surface area (TPSA) is 33.2 Å². The Kier molecular flexibility index (Phi) is 4.65. The van der Waals surface area contributed by atoms with E-state index in [2.05, 4.69) is 13.8 Å². The number of pyridine rings is 1. The van der Waals surface area contributed by atoms with Gasteiger partial charge < -0.3 is 4.90 Å². The predicted octanol–water partition coefficient (Wildman–Crippen LogP) is 5.66. The number of anilines is 1. The lowest BCUT2D eigenvalue weighted by Gasteiger charge is -2.20. The fraction of sp³-hybridized carbons (Fsp3) is 0.304. The highest BCUT2D eigenvalue weighted by Gasteiger charge is 2.19.